The van der Waals surface area contributed by atoms with Crippen LogP contribution in [0.2, 0.25) is 0 Å². The van der Waals surface area contributed by atoms with E-state index in [9.17, 15) is 0 Å². The number of nitrogens with zero attached hydrogens (tertiary/aromatic N) is 4. The summed E-state index contributed by atoms with van der Waals surface area (Å²) in [5.74, 6) is 1.82. The molecule has 0 amide bonds. The Morgan fingerprint density at radius 3 is 2.60 bits per heavy atom. The molecule has 3 aromatic rings. The molecule has 162 valence electrons. The third kappa shape index (κ3) is 5.27. The Balaban J connectivity index is 2.04. The number of hydrogen-bond acceptors (Lipinski definition) is 6. The smallest absolute Gasteiger partial charge is 0.260 e. The molecule has 0 aliphatic carbocycles. The topological polar surface area (TPSA) is 90.9 Å². The van der Waals surface area contributed by atoms with Gasteiger partial charge in [0, 0.05) is 25.6 Å². The van der Waals surface area contributed by atoms with E-state index in [0.717, 1.165) is 37.1 Å². The number of ether oxygens (including phenoxy) is 1. The molecule has 30 heavy (non-hydrogen) atoms. The van der Waals surface area contributed by atoms with Crippen molar-refractivity contribution < 1.29 is 4.74 Å². The molecule has 0 radical (unpaired) electrons. The van der Waals surface area contributed by atoms with Gasteiger partial charge < -0.3 is 20.4 Å². The standard InChI is InChI=1S/C23H34N6O/c1-6-7-11-19-26-20-21(23(30-16(4)5)28-27-22(20)24)29(19)14-18-10-8-9-17(12-18)13-25-15(2)3/h8-10,12,15-16,25H,6-7,11,13-14H2,1-5H3,(H2,24,27). The number of nitrogen functional groups attached to an aromatic ring is 1. The fourth-order valence-electron chi connectivity index (χ4n) is 3.43. The number of fused-ring (bicyclic) bond motifs is 1. The molecule has 7 heteroatoms. The van der Waals surface area contributed by atoms with Crippen molar-refractivity contribution in [1.29, 1.82) is 0 Å². The molecule has 7 nitrogen and oxygen atoms in total. The highest BCUT2D eigenvalue weighted by Gasteiger charge is 2.20. The van der Waals surface area contributed by atoms with Crippen molar-refractivity contribution >= 4 is 16.9 Å². The van der Waals surface area contributed by atoms with Crippen LogP contribution in [0.1, 0.15) is 64.4 Å². The maximum atomic E-state index is 6.14. The lowest BCUT2D eigenvalue weighted by Gasteiger charge is -2.14. The van der Waals surface area contributed by atoms with Crippen molar-refractivity contribution in [3.05, 3.63) is 41.2 Å². The van der Waals surface area contributed by atoms with Crippen molar-refractivity contribution in [2.45, 2.75) is 79.1 Å². The minimum Gasteiger partial charge on any atom is -0.472 e. The fourth-order valence-corrected chi connectivity index (χ4v) is 3.43. The van der Waals surface area contributed by atoms with E-state index in [1.165, 1.54) is 11.1 Å². The van der Waals surface area contributed by atoms with E-state index < -0.39 is 0 Å². The van der Waals surface area contributed by atoms with Gasteiger partial charge in [-0.2, -0.15) is 0 Å². The Morgan fingerprint density at radius 2 is 1.90 bits per heavy atom. The molecule has 0 unspecified atom stereocenters. The van der Waals surface area contributed by atoms with Crippen molar-refractivity contribution in [2.75, 3.05) is 5.73 Å². The number of benzene rings is 1. The largest absolute Gasteiger partial charge is 0.472 e. The van der Waals surface area contributed by atoms with Crippen molar-refractivity contribution in [2.24, 2.45) is 0 Å². The van der Waals surface area contributed by atoms with Crippen LogP contribution in [0, 0.1) is 0 Å². The first-order valence-electron chi connectivity index (χ1n) is 10.9. The molecule has 0 aliphatic heterocycles. The van der Waals surface area contributed by atoms with E-state index in [0.29, 0.717) is 29.8 Å². The van der Waals surface area contributed by atoms with Gasteiger partial charge in [0.15, 0.2) is 5.82 Å². The van der Waals surface area contributed by atoms with Gasteiger partial charge >= 0.3 is 0 Å². The van der Waals surface area contributed by atoms with Gasteiger partial charge in [0.1, 0.15) is 16.9 Å². The van der Waals surface area contributed by atoms with Gasteiger partial charge in [-0.25, -0.2) is 4.98 Å². The highest BCUT2D eigenvalue weighted by Crippen LogP contribution is 2.29. The average Bonchev–Trinajstić information content (AvgIpc) is 3.06. The molecule has 0 saturated heterocycles. The van der Waals surface area contributed by atoms with Crippen LogP contribution in [0.25, 0.3) is 11.0 Å². The molecule has 2 aromatic heterocycles. The predicted molar refractivity (Wildman–Crippen MR) is 122 cm³/mol. The second-order valence-electron chi connectivity index (χ2n) is 8.33. The number of hydrogen-bond donors (Lipinski definition) is 2. The van der Waals surface area contributed by atoms with Crippen LogP contribution in [0.4, 0.5) is 5.82 Å². The van der Waals surface area contributed by atoms with E-state index in [4.69, 9.17) is 15.5 Å². The molecule has 0 fully saturated rings. The Kier molecular flexibility index (Phi) is 7.26. The predicted octanol–water partition coefficient (Wildman–Crippen LogP) is 4.08. The number of nitrogens with one attached hydrogen (secondary N) is 1. The summed E-state index contributed by atoms with van der Waals surface area (Å²) in [6.45, 7) is 12.0. The molecule has 3 rings (SSSR count). The summed E-state index contributed by atoms with van der Waals surface area (Å²) in [6, 6.07) is 9.10. The van der Waals surface area contributed by atoms with E-state index >= 15 is 0 Å². The number of nitrogens with two attached hydrogens (primary N) is 1. The van der Waals surface area contributed by atoms with Gasteiger partial charge in [0.05, 0.1) is 6.10 Å². The highest BCUT2D eigenvalue weighted by molar-refractivity contribution is 5.88. The number of imidazole rings is 1. The van der Waals surface area contributed by atoms with Gasteiger partial charge in [0.25, 0.3) is 5.88 Å². The molecule has 2 heterocycles. The minimum absolute atomic E-state index is 0.0148. The van der Waals surface area contributed by atoms with Crippen molar-refractivity contribution in [3.63, 3.8) is 0 Å². The van der Waals surface area contributed by atoms with Crippen molar-refractivity contribution in [3.8, 4) is 5.88 Å². The van der Waals surface area contributed by atoms with Crippen LogP contribution in [0.3, 0.4) is 0 Å². The zero-order chi connectivity index (χ0) is 21.7. The lowest BCUT2D eigenvalue weighted by molar-refractivity contribution is 0.232. The van der Waals surface area contributed by atoms with Crippen LogP contribution >= 0.6 is 0 Å². The van der Waals surface area contributed by atoms with Crippen LogP contribution in [0.5, 0.6) is 5.88 Å². The molecule has 0 aliphatic rings. The quantitative estimate of drug-likeness (QED) is 0.523. The normalized spacial score (nSPS) is 11.7. The zero-order valence-electron chi connectivity index (χ0n) is 18.8. The third-order valence-corrected chi connectivity index (χ3v) is 4.89. The number of aryl methyl sites for hydroxylation is 1. The number of aromatic nitrogens is 4. The molecular formula is C23H34N6O. The van der Waals surface area contributed by atoms with Crippen molar-refractivity contribution in [1.82, 2.24) is 25.1 Å². The van der Waals surface area contributed by atoms with E-state index in [1.807, 2.05) is 13.8 Å². The minimum atomic E-state index is -0.0148. The van der Waals surface area contributed by atoms with Gasteiger partial charge in [-0.3, -0.25) is 0 Å². The summed E-state index contributed by atoms with van der Waals surface area (Å²) >= 11 is 0. The van der Waals surface area contributed by atoms with E-state index in [2.05, 4.69) is 65.1 Å². The number of anilines is 1. The summed E-state index contributed by atoms with van der Waals surface area (Å²) < 4.78 is 8.16. The summed E-state index contributed by atoms with van der Waals surface area (Å²) in [6.07, 6.45) is 3.02. The fraction of sp³-hybridized carbons (Fsp3) is 0.522. The lowest BCUT2D eigenvalue weighted by Crippen LogP contribution is -2.21. The Labute approximate surface area is 179 Å². The van der Waals surface area contributed by atoms with Gasteiger partial charge in [-0.1, -0.05) is 51.5 Å². The summed E-state index contributed by atoms with van der Waals surface area (Å²) in [5, 5.41) is 11.8. The zero-order valence-corrected chi connectivity index (χ0v) is 18.8. The number of rotatable bonds is 10. The van der Waals surface area contributed by atoms with Crippen LogP contribution in [0.15, 0.2) is 24.3 Å². The Bertz CT molecular complexity index is 979. The molecule has 0 bridgehead atoms. The molecule has 0 spiro atoms. The summed E-state index contributed by atoms with van der Waals surface area (Å²) in [7, 11) is 0. The first-order valence-corrected chi connectivity index (χ1v) is 10.9. The van der Waals surface area contributed by atoms with Gasteiger partial charge in [0.2, 0.25) is 0 Å². The maximum Gasteiger partial charge on any atom is 0.260 e. The second-order valence-corrected chi connectivity index (χ2v) is 8.33. The Hall–Kier alpha value is -2.67. The van der Waals surface area contributed by atoms with Crippen LogP contribution in [-0.4, -0.2) is 31.9 Å². The number of unbranched alkanes of at least 4 members (excludes halogenated alkanes) is 1. The van der Waals surface area contributed by atoms with Gasteiger partial charge in [-0.05, 0) is 31.4 Å². The summed E-state index contributed by atoms with van der Waals surface area (Å²) in [5.41, 5.74) is 10.1. The van der Waals surface area contributed by atoms with E-state index in [-0.39, 0.29) is 6.10 Å². The molecule has 0 atom stereocenters. The van der Waals surface area contributed by atoms with Crippen LogP contribution in [-0.2, 0) is 19.5 Å². The average molecular weight is 411 g/mol. The van der Waals surface area contributed by atoms with E-state index in [1.54, 1.807) is 0 Å². The maximum absolute atomic E-state index is 6.14. The second kappa shape index (κ2) is 9.89. The van der Waals surface area contributed by atoms with Crippen LogP contribution < -0.4 is 15.8 Å². The highest BCUT2D eigenvalue weighted by atomic mass is 16.5. The first kappa shape index (κ1) is 22.0. The molecular weight excluding hydrogens is 376 g/mol. The molecule has 0 saturated carbocycles. The SMILES string of the molecule is CCCCc1nc2c(N)nnc(OC(C)C)c2n1Cc1cccc(CNC(C)C)c1. The van der Waals surface area contributed by atoms with Gasteiger partial charge in [-0.15, -0.1) is 10.2 Å². The monoisotopic (exact) mass is 410 g/mol. The Morgan fingerprint density at radius 1 is 1.13 bits per heavy atom. The molecule has 3 N–H and O–H groups in total. The lowest BCUT2D eigenvalue weighted by atomic mass is 10.1. The molecule has 1 aromatic carbocycles. The summed E-state index contributed by atoms with van der Waals surface area (Å²) in [4.78, 5) is 4.84. The third-order valence-electron chi connectivity index (χ3n) is 4.89. The first-order chi connectivity index (χ1) is 14.4.